The van der Waals surface area contributed by atoms with E-state index in [0.717, 1.165) is 42.9 Å². The van der Waals surface area contributed by atoms with Crippen molar-refractivity contribution in [2.45, 2.75) is 25.3 Å². The Labute approximate surface area is 124 Å². The molecule has 110 valence electrons. The summed E-state index contributed by atoms with van der Waals surface area (Å²) >= 11 is 0. The molecule has 21 heavy (non-hydrogen) atoms. The van der Waals surface area contributed by atoms with E-state index < -0.39 is 0 Å². The van der Waals surface area contributed by atoms with Gasteiger partial charge in [-0.2, -0.15) is 0 Å². The molecule has 0 radical (unpaired) electrons. The van der Waals surface area contributed by atoms with Crippen molar-refractivity contribution in [3.05, 3.63) is 59.7 Å². The van der Waals surface area contributed by atoms with E-state index in [1.54, 1.807) is 12.1 Å². The third-order valence-corrected chi connectivity index (χ3v) is 3.92. The predicted molar refractivity (Wildman–Crippen MR) is 82.8 cm³/mol. The summed E-state index contributed by atoms with van der Waals surface area (Å²) in [6.45, 7) is 2.74. The number of pyridine rings is 1. The number of aromatic nitrogens is 1. The van der Waals surface area contributed by atoms with Gasteiger partial charge in [-0.05, 0) is 55.8 Å². The van der Waals surface area contributed by atoms with Crippen LogP contribution in [-0.4, -0.2) is 18.1 Å². The second kappa shape index (κ2) is 6.68. The van der Waals surface area contributed by atoms with E-state index in [0.29, 0.717) is 12.5 Å². The molecular formula is C17H20FN3. The molecule has 3 rings (SSSR count). The quantitative estimate of drug-likeness (QED) is 0.905. The maximum atomic E-state index is 13.2. The average molecular weight is 285 g/mol. The molecule has 1 saturated heterocycles. The van der Waals surface area contributed by atoms with Gasteiger partial charge in [-0.15, -0.1) is 0 Å². The minimum Gasteiger partial charge on any atom is -0.381 e. The molecule has 1 aliphatic rings. The van der Waals surface area contributed by atoms with E-state index in [9.17, 15) is 4.39 Å². The molecule has 0 amide bonds. The van der Waals surface area contributed by atoms with Crippen molar-refractivity contribution in [1.29, 1.82) is 0 Å². The summed E-state index contributed by atoms with van der Waals surface area (Å²) in [5.74, 6) is 0.349. The highest BCUT2D eigenvalue weighted by molar-refractivity contribution is 5.44. The Kier molecular flexibility index (Phi) is 4.46. The van der Waals surface area contributed by atoms with Gasteiger partial charge in [0.1, 0.15) is 5.82 Å². The van der Waals surface area contributed by atoms with E-state index in [4.69, 9.17) is 0 Å². The van der Waals surface area contributed by atoms with Crippen molar-refractivity contribution in [1.82, 2.24) is 10.3 Å². The highest BCUT2D eigenvalue weighted by Crippen LogP contribution is 2.25. The van der Waals surface area contributed by atoms with Crippen LogP contribution in [-0.2, 0) is 6.54 Å². The molecule has 0 aliphatic carbocycles. The van der Waals surface area contributed by atoms with Crippen molar-refractivity contribution in [2.24, 2.45) is 0 Å². The molecular weight excluding hydrogens is 265 g/mol. The van der Waals surface area contributed by atoms with Gasteiger partial charge in [0.05, 0.1) is 0 Å². The third kappa shape index (κ3) is 3.79. The van der Waals surface area contributed by atoms with Crippen LogP contribution in [0.2, 0.25) is 0 Å². The highest BCUT2D eigenvalue weighted by atomic mass is 19.1. The summed E-state index contributed by atoms with van der Waals surface area (Å²) in [6, 6.07) is 10.8. The number of anilines is 1. The third-order valence-electron chi connectivity index (χ3n) is 3.92. The molecule has 3 nitrogen and oxygen atoms in total. The van der Waals surface area contributed by atoms with Crippen LogP contribution in [0.1, 0.15) is 30.0 Å². The van der Waals surface area contributed by atoms with Gasteiger partial charge in [0.25, 0.3) is 0 Å². The monoisotopic (exact) mass is 285 g/mol. The molecule has 4 heteroatoms. The molecule has 2 aromatic rings. The topological polar surface area (TPSA) is 37.0 Å². The molecule has 1 aliphatic heterocycles. The first-order valence-electron chi connectivity index (χ1n) is 7.46. The van der Waals surface area contributed by atoms with E-state index >= 15 is 0 Å². The van der Waals surface area contributed by atoms with E-state index in [-0.39, 0.29) is 5.82 Å². The number of nitrogens with zero attached hydrogens (tertiary/aromatic N) is 1. The second-order valence-corrected chi connectivity index (χ2v) is 5.48. The number of halogens is 1. The fourth-order valence-electron chi connectivity index (χ4n) is 2.75. The Morgan fingerprint density at radius 2 is 2.05 bits per heavy atom. The van der Waals surface area contributed by atoms with Crippen LogP contribution in [0, 0.1) is 5.82 Å². The number of piperidine rings is 1. The Bertz CT molecular complexity index is 594. The number of hydrogen-bond acceptors (Lipinski definition) is 3. The molecule has 0 atom stereocenters. The number of rotatable bonds is 4. The lowest BCUT2D eigenvalue weighted by atomic mass is 9.94. The molecule has 2 heterocycles. The molecule has 0 unspecified atom stereocenters. The SMILES string of the molecule is Fc1cccc(CNc2ccnc(C3CCNCC3)c2)c1. The molecule has 1 fully saturated rings. The zero-order valence-electron chi connectivity index (χ0n) is 12.0. The van der Waals surface area contributed by atoms with Gasteiger partial charge in [-0.3, -0.25) is 4.98 Å². The summed E-state index contributed by atoms with van der Waals surface area (Å²) in [5.41, 5.74) is 3.14. The summed E-state index contributed by atoms with van der Waals surface area (Å²) in [7, 11) is 0. The average Bonchev–Trinajstić information content (AvgIpc) is 2.54. The van der Waals surface area contributed by atoms with Crippen molar-refractivity contribution >= 4 is 5.69 Å². The van der Waals surface area contributed by atoms with Crippen LogP contribution in [0.4, 0.5) is 10.1 Å². The largest absolute Gasteiger partial charge is 0.381 e. The maximum Gasteiger partial charge on any atom is 0.123 e. The van der Waals surface area contributed by atoms with Gasteiger partial charge in [0.15, 0.2) is 0 Å². The number of benzene rings is 1. The molecule has 2 N–H and O–H groups in total. The standard InChI is InChI=1S/C17H20FN3/c18-15-3-1-2-13(10-15)12-21-16-6-9-20-17(11-16)14-4-7-19-8-5-14/h1-3,6,9-11,14,19H,4-5,7-8,12H2,(H,20,21). The van der Waals surface area contributed by atoms with Gasteiger partial charge in [-0.25, -0.2) is 4.39 Å². The predicted octanol–water partition coefficient (Wildman–Crippen LogP) is 3.30. The van der Waals surface area contributed by atoms with Gasteiger partial charge >= 0.3 is 0 Å². The van der Waals surface area contributed by atoms with Gasteiger partial charge in [0.2, 0.25) is 0 Å². The lowest BCUT2D eigenvalue weighted by Crippen LogP contribution is -2.27. The van der Waals surface area contributed by atoms with Gasteiger partial charge < -0.3 is 10.6 Å². The van der Waals surface area contributed by atoms with Crippen LogP contribution < -0.4 is 10.6 Å². The summed E-state index contributed by atoms with van der Waals surface area (Å²) in [5, 5.41) is 6.72. The van der Waals surface area contributed by atoms with Crippen LogP contribution in [0.25, 0.3) is 0 Å². The first-order chi connectivity index (χ1) is 10.3. The molecule has 0 saturated carbocycles. The number of hydrogen-bond donors (Lipinski definition) is 2. The molecule has 0 spiro atoms. The van der Waals surface area contributed by atoms with E-state index in [2.05, 4.69) is 21.7 Å². The lowest BCUT2D eigenvalue weighted by molar-refractivity contribution is 0.453. The number of nitrogens with one attached hydrogen (secondary N) is 2. The zero-order chi connectivity index (χ0) is 14.5. The van der Waals surface area contributed by atoms with Crippen molar-refractivity contribution < 1.29 is 4.39 Å². The van der Waals surface area contributed by atoms with Crippen LogP contribution in [0.15, 0.2) is 42.6 Å². The summed E-state index contributed by atoms with van der Waals surface area (Å²) in [4.78, 5) is 4.50. The minimum atomic E-state index is -0.195. The lowest BCUT2D eigenvalue weighted by Gasteiger charge is -2.22. The first-order valence-corrected chi connectivity index (χ1v) is 7.46. The summed E-state index contributed by atoms with van der Waals surface area (Å²) in [6.07, 6.45) is 4.13. The zero-order valence-corrected chi connectivity index (χ0v) is 12.0. The highest BCUT2D eigenvalue weighted by Gasteiger charge is 2.16. The Morgan fingerprint density at radius 3 is 2.86 bits per heavy atom. The molecule has 0 bridgehead atoms. The van der Waals surface area contributed by atoms with Crippen molar-refractivity contribution in [3.63, 3.8) is 0 Å². The van der Waals surface area contributed by atoms with Gasteiger partial charge in [0, 0.05) is 30.0 Å². The Balaban J connectivity index is 1.65. The van der Waals surface area contributed by atoms with E-state index in [1.165, 1.54) is 6.07 Å². The molecule has 1 aromatic heterocycles. The smallest absolute Gasteiger partial charge is 0.123 e. The first kappa shape index (κ1) is 14.0. The van der Waals surface area contributed by atoms with Gasteiger partial charge in [-0.1, -0.05) is 12.1 Å². The summed E-state index contributed by atoms with van der Waals surface area (Å²) < 4.78 is 13.2. The second-order valence-electron chi connectivity index (χ2n) is 5.48. The molecule has 1 aromatic carbocycles. The minimum absolute atomic E-state index is 0.195. The van der Waals surface area contributed by atoms with Crippen molar-refractivity contribution in [3.8, 4) is 0 Å². The van der Waals surface area contributed by atoms with Crippen molar-refractivity contribution in [2.75, 3.05) is 18.4 Å². The Hall–Kier alpha value is -1.94. The van der Waals surface area contributed by atoms with E-state index in [1.807, 2.05) is 18.3 Å². The fraction of sp³-hybridized carbons (Fsp3) is 0.353. The maximum absolute atomic E-state index is 13.2. The van der Waals surface area contributed by atoms with Crippen LogP contribution in [0.3, 0.4) is 0 Å². The Morgan fingerprint density at radius 1 is 1.19 bits per heavy atom. The van der Waals surface area contributed by atoms with Crippen LogP contribution >= 0.6 is 0 Å². The fourth-order valence-corrected chi connectivity index (χ4v) is 2.75. The van der Waals surface area contributed by atoms with Crippen LogP contribution in [0.5, 0.6) is 0 Å². The normalized spacial score (nSPS) is 15.9.